The van der Waals surface area contributed by atoms with Crippen molar-refractivity contribution in [3.05, 3.63) is 35.7 Å². The Labute approximate surface area is 121 Å². The van der Waals surface area contributed by atoms with Crippen LogP contribution in [0.15, 0.2) is 33.2 Å². The van der Waals surface area contributed by atoms with Crippen molar-refractivity contribution in [1.82, 2.24) is 10.1 Å². The first-order valence-electron chi connectivity index (χ1n) is 7.10. The van der Waals surface area contributed by atoms with Crippen LogP contribution in [0.2, 0.25) is 0 Å². The van der Waals surface area contributed by atoms with Gasteiger partial charge < -0.3 is 13.7 Å². The van der Waals surface area contributed by atoms with Gasteiger partial charge >= 0.3 is 0 Å². The minimum Gasteiger partial charge on any atom is -0.453 e. The molecule has 108 valence electrons. The highest BCUT2D eigenvalue weighted by molar-refractivity contribution is 5.82. The van der Waals surface area contributed by atoms with Gasteiger partial charge in [-0.1, -0.05) is 16.8 Å². The van der Waals surface area contributed by atoms with Gasteiger partial charge in [-0.15, -0.1) is 0 Å². The lowest BCUT2D eigenvalue weighted by Crippen LogP contribution is -2.36. The Balaban J connectivity index is 1.74. The van der Waals surface area contributed by atoms with Crippen LogP contribution >= 0.6 is 0 Å². The first kappa shape index (κ1) is 12.6. The summed E-state index contributed by atoms with van der Waals surface area (Å²) < 4.78 is 16.7. The number of ether oxygens (including phenoxy) is 1. The minimum absolute atomic E-state index is 0.395. The third-order valence-electron chi connectivity index (χ3n) is 4.26. The van der Waals surface area contributed by atoms with E-state index in [1.165, 1.54) is 5.56 Å². The van der Waals surface area contributed by atoms with Gasteiger partial charge in [-0.05, 0) is 44.4 Å². The quantitative estimate of drug-likeness (QED) is 0.731. The molecule has 1 aliphatic carbocycles. The largest absolute Gasteiger partial charge is 0.453 e. The molecule has 4 rings (SSSR count). The molecule has 0 atom stereocenters. The van der Waals surface area contributed by atoms with Crippen LogP contribution in [0.25, 0.3) is 22.6 Å². The molecule has 5 nitrogen and oxygen atoms in total. The second kappa shape index (κ2) is 4.43. The van der Waals surface area contributed by atoms with Crippen molar-refractivity contribution in [3.63, 3.8) is 0 Å². The van der Waals surface area contributed by atoms with E-state index in [-0.39, 0.29) is 0 Å². The van der Waals surface area contributed by atoms with Crippen LogP contribution in [0.1, 0.15) is 30.7 Å². The summed E-state index contributed by atoms with van der Waals surface area (Å²) in [7, 11) is 1.69. The Morgan fingerprint density at radius 2 is 2.10 bits per heavy atom. The first-order valence-corrected chi connectivity index (χ1v) is 7.10. The molecule has 1 fully saturated rings. The molecular formula is C16H16N2O3. The molecule has 1 saturated carbocycles. The number of fused-ring (bicyclic) bond motifs is 1. The van der Waals surface area contributed by atoms with Gasteiger partial charge in [0.1, 0.15) is 11.2 Å². The van der Waals surface area contributed by atoms with Gasteiger partial charge in [0.15, 0.2) is 5.76 Å². The van der Waals surface area contributed by atoms with Crippen molar-refractivity contribution in [2.24, 2.45) is 0 Å². The number of aryl methyl sites for hydroxylation is 1. The smallest absolute Gasteiger partial charge is 0.259 e. The van der Waals surface area contributed by atoms with Gasteiger partial charge in [-0.3, -0.25) is 0 Å². The zero-order valence-electron chi connectivity index (χ0n) is 12.0. The Morgan fingerprint density at radius 1 is 1.24 bits per heavy atom. The highest BCUT2D eigenvalue weighted by atomic mass is 16.5. The van der Waals surface area contributed by atoms with Crippen LogP contribution in [0, 0.1) is 6.92 Å². The average Bonchev–Trinajstić information content (AvgIpc) is 3.04. The number of nitrogens with zero attached hydrogens (tertiary/aromatic N) is 2. The van der Waals surface area contributed by atoms with Gasteiger partial charge in [0.05, 0.1) is 0 Å². The molecule has 0 bridgehead atoms. The summed E-state index contributed by atoms with van der Waals surface area (Å²) in [6.45, 7) is 2.05. The number of furan rings is 1. The number of methoxy groups -OCH3 is 1. The molecule has 0 amide bonds. The van der Waals surface area contributed by atoms with E-state index in [1.807, 2.05) is 18.2 Å². The maximum Gasteiger partial charge on any atom is 0.259 e. The lowest BCUT2D eigenvalue weighted by atomic mass is 9.80. The zero-order chi connectivity index (χ0) is 14.4. The topological polar surface area (TPSA) is 61.3 Å². The van der Waals surface area contributed by atoms with E-state index in [9.17, 15) is 0 Å². The summed E-state index contributed by atoms with van der Waals surface area (Å²) in [6, 6.07) is 7.99. The van der Waals surface area contributed by atoms with Crippen LogP contribution in [0.5, 0.6) is 0 Å². The molecule has 0 unspecified atom stereocenters. The normalized spacial score (nSPS) is 17.0. The first-order chi connectivity index (χ1) is 10.2. The second-order valence-corrected chi connectivity index (χ2v) is 5.63. The van der Waals surface area contributed by atoms with Crippen LogP contribution in [-0.2, 0) is 10.3 Å². The molecule has 0 spiro atoms. The Bertz CT molecular complexity index is 793. The van der Waals surface area contributed by atoms with Crippen LogP contribution in [-0.4, -0.2) is 17.3 Å². The van der Waals surface area contributed by atoms with E-state index in [4.69, 9.17) is 13.7 Å². The maximum atomic E-state index is 5.79. The van der Waals surface area contributed by atoms with Gasteiger partial charge in [0, 0.05) is 12.5 Å². The summed E-state index contributed by atoms with van der Waals surface area (Å²) in [5.41, 5.74) is 1.62. The van der Waals surface area contributed by atoms with E-state index in [0.717, 1.165) is 30.2 Å². The summed E-state index contributed by atoms with van der Waals surface area (Å²) >= 11 is 0. The van der Waals surface area contributed by atoms with Gasteiger partial charge in [-0.2, -0.15) is 4.98 Å². The van der Waals surface area contributed by atoms with Gasteiger partial charge in [-0.25, -0.2) is 0 Å². The number of aromatic nitrogens is 2. The predicted octanol–water partition coefficient (Wildman–Crippen LogP) is 3.82. The van der Waals surface area contributed by atoms with Crippen LogP contribution in [0.3, 0.4) is 0 Å². The lowest BCUT2D eigenvalue weighted by molar-refractivity contribution is -0.0992. The highest BCUT2D eigenvalue weighted by Gasteiger charge is 2.44. The molecular weight excluding hydrogens is 268 g/mol. The van der Waals surface area contributed by atoms with Crippen molar-refractivity contribution in [1.29, 1.82) is 0 Å². The molecule has 1 aromatic carbocycles. The zero-order valence-corrected chi connectivity index (χ0v) is 12.0. The molecule has 21 heavy (non-hydrogen) atoms. The molecule has 1 aliphatic rings. The van der Waals surface area contributed by atoms with Gasteiger partial charge in [0.2, 0.25) is 5.82 Å². The third-order valence-corrected chi connectivity index (χ3v) is 4.26. The van der Waals surface area contributed by atoms with Gasteiger partial charge in [0.25, 0.3) is 5.89 Å². The van der Waals surface area contributed by atoms with E-state index in [2.05, 4.69) is 23.1 Å². The lowest BCUT2D eigenvalue weighted by Gasteiger charge is -2.36. The molecule has 2 aromatic heterocycles. The Morgan fingerprint density at radius 3 is 2.81 bits per heavy atom. The monoisotopic (exact) mass is 284 g/mol. The van der Waals surface area contributed by atoms with E-state index >= 15 is 0 Å². The van der Waals surface area contributed by atoms with Crippen molar-refractivity contribution >= 4 is 11.0 Å². The molecule has 0 aliphatic heterocycles. The minimum atomic E-state index is -0.395. The third kappa shape index (κ3) is 1.88. The Hall–Kier alpha value is -2.14. The van der Waals surface area contributed by atoms with Crippen molar-refractivity contribution in [2.45, 2.75) is 31.8 Å². The summed E-state index contributed by atoms with van der Waals surface area (Å²) in [6.07, 6.45) is 2.96. The number of hydrogen-bond donors (Lipinski definition) is 0. The summed E-state index contributed by atoms with van der Waals surface area (Å²) in [5.74, 6) is 1.64. The van der Waals surface area contributed by atoms with Crippen LogP contribution in [0.4, 0.5) is 0 Å². The number of hydrogen-bond acceptors (Lipinski definition) is 5. The maximum absolute atomic E-state index is 5.79. The summed E-state index contributed by atoms with van der Waals surface area (Å²) in [5, 5.41) is 5.08. The average molecular weight is 284 g/mol. The number of benzene rings is 1. The molecule has 2 heterocycles. The predicted molar refractivity (Wildman–Crippen MR) is 76.8 cm³/mol. The highest BCUT2D eigenvalue weighted by Crippen LogP contribution is 2.43. The molecule has 3 aromatic rings. The van der Waals surface area contributed by atoms with Crippen molar-refractivity contribution < 1.29 is 13.7 Å². The van der Waals surface area contributed by atoms with E-state index in [1.54, 1.807) is 7.11 Å². The molecule has 5 heteroatoms. The number of rotatable bonds is 3. The molecule has 0 radical (unpaired) electrons. The van der Waals surface area contributed by atoms with Crippen molar-refractivity contribution in [3.8, 4) is 11.6 Å². The molecule has 0 N–H and O–H groups in total. The van der Waals surface area contributed by atoms with Crippen LogP contribution < -0.4 is 0 Å². The standard InChI is InChI=1S/C16H16N2O3/c1-10-4-5-12-11(8-10)9-13(20-12)14-17-15(21-18-14)16(19-2)6-3-7-16/h4-5,8-9H,3,6-7H2,1-2H3. The SMILES string of the molecule is COC1(c2nc(-c3cc4cc(C)ccc4o3)no2)CCC1. The fourth-order valence-corrected chi connectivity index (χ4v) is 2.78. The molecule has 0 saturated heterocycles. The Kier molecular flexibility index (Phi) is 2.65. The fourth-order valence-electron chi connectivity index (χ4n) is 2.78. The summed E-state index contributed by atoms with van der Waals surface area (Å²) in [4.78, 5) is 4.47. The van der Waals surface area contributed by atoms with Crippen molar-refractivity contribution in [2.75, 3.05) is 7.11 Å². The van der Waals surface area contributed by atoms with E-state index in [0.29, 0.717) is 17.5 Å². The fraction of sp³-hybridized carbons (Fsp3) is 0.375. The second-order valence-electron chi connectivity index (χ2n) is 5.63. The van der Waals surface area contributed by atoms with E-state index < -0.39 is 5.60 Å².